The second-order valence-electron chi connectivity index (χ2n) is 6.61. The molecule has 0 unspecified atom stereocenters. The van der Waals surface area contributed by atoms with Crippen LogP contribution >= 0.6 is 11.3 Å². The van der Waals surface area contributed by atoms with Gasteiger partial charge in [-0.3, -0.25) is 9.36 Å². The van der Waals surface area contributed by atoms with Crippen molar-refractivity contribution in [1.82, 2.24) is 14.8 Å². The first-order chi connectivity index (χ1) is 14.6. The van der Waals surface area contributed by atoms with Gasteiger partial charge in [-0.05, 0) is 30.2 Å². The Labute approximate surface area is 176 Å². The number of methoxy groups -OCH3 is 1. The molecular formula is C22H20N4O3S. The minimum atomic E-state index is -0.264. The van der Waals surface area contributed by atoms with E-state index in [1.165, 1.54) is 15.9 Å². The molecule has 30 heavy (non-hydrogen) atoms. The lowest BCUT2D eigenvalue weighted by atomic mass is 10.1. The molecule has 0 spiro atoms. The van der Waals surface area contributed by atoms with Crippen molar-refractivity contribution < 1.29 is 9.84 Å². The number of pyridine rings is 1. The van der Waals surface area contributed by atoms with E-state index in [0.29, 0.717) is 21.5 Å². The van der Waals surface area contributed by atoms with Crippen molar-refractivity contribution in [3.8, 4) is 11.6 Å². The van der Waals surface area contributed by atoms with Crippen LogP contribution in [0.1, 0.15) is 23.1 Å². The molecule has 8 heteroatoms. The summed E-state index contributed by atoms with van der Waals surface area (Å²) in [6.07, 6.45) is 2.33. The number of aromatic nitrogens is 3. The highest BCUT2D eigenvalue weighted by atomic mass is 32.1. The quantitative estimate of drug-likeness (QED) is 0.478. The number of hydrogen-bond donors (Lipinski definition) is 1. The normalized spacial score (nSPS) is 11.4. The van der Waals surface area contributed by atoms with E-state index in [9.17, 15) is 9.90 Å². The molecule has 1 N–H and O–H groups in total. The third-order valence-electron chi connectivity index (χ3n) is 4.75. The van der Waals surface area contributed by atoms with Crippen molar-refractivity contribution in [2.45, 2.75) is 19.9 Å². The average Bonchev–Trinajstić information content (AvgIpc) is 3.25. The Morgan fingerprint density at radius 2 is 1.87 bits per heavy atom. The minimum Gasteiger partial charge on any atom is -0.497 e. The van der Waals surface area contributed by atoms with Crippen LogP contribution < -0.4 is 10.3 Å². The number of ether oxygens (including phenoxy) is 1. The molecule has 0 saturated carbocycles. The molecule has 0 aliphatic heterocycles. The maximum Gasteiger partial charge on any atom is 0.261 e. The van der Waals surface area contributed by atoms with Crippen molar-refractivity contribution in [2.75, 3.05) is 7.11 Å². The van der Waals surface area contributed by atoms with Gasteiger partial charge >= 0.3 is 0 Å². The molecule has 2 heterocycles. The minimum absolute atomic E-state index is 0.140. The fourth-order valence-corrected chi connectivity index (χ4v) is 3.78. The number of fused-ring (bicyclic) bond motifs is 1. The first-order valence-corrected chi connectivity index (χ1v) is 10.3. The maximum atomic E-state index is 13.1. The molecule has 0 bridgehead atoms. The monoisotopic (exact) mass is 420 g/mol. The van der Waals surface area contributed by atoms with E-state index in [1.54, 1.807) is 31.5 Å². The molecule has 2 aromatic carbocycles. The number of aromatic hydroxyl groups is 1. The lowest BCUT2D eigenvalue weighted by Gasteiger charge is -2.14. The standard InChI is InChI=1S/C22H20N4O3S/c1-3-19-24-25-22(30-19)23-12-18-16-6-4-5-7-17(16)20(27)26(21(18)28)13-14-8-10-15(29-2)11-9-14/h4-12,28H,3,13H2,1-2H3/b23-12+. The fourth-order valence-electron chi connectivity index (χ4n) is 3.16. The highest BCUT2D eigenvalue weighted by Gasteiger charge is 2.15. The van der Waals surface area contributed by atoms with Crippen LogP contribution in [0.3, 0.4) is 0 Å². The van der Waals surface area contributed by atoms with E-state index in [2.05, 4.69) is 15.2 Å². The second kappa shape index (κ2) is 8.46. The second-order valence-corrected chi connectivity index (χ2v) is 7.65. The summed E-state index contributed by atoms with van der Waals surface area (Å²) in [5, 5.41) is 21.6. The summed E-state index contributed by atoms with van der Waals surface area (Å²) in [6, 6.07) is 14.5. The van der Waals surface area contributed by atoms with Gasteiger partial charge in [0.05, 0.1) is 19.2 Å². The Bertz CT molecular complexity index is 1280. The van der Waals surface area contributed by atoms with Gasteiger partial charge in [-0.2, -0.15) is 0 Å². The Morgan fingerprint density at radius 3 is 2.53 bits per heavy atom. The zero-order valence-corrected chi connectivity index (χ0v) is 17.4. The van der Waals surface area contributed by atoms with E-state index >= 15 is 0 Å². The summed E-state index contributed by atoms with van der Waals surface area (Å²) in [5.41, 5.74) is 1.07. The van der Waals surface area contributed by atoms with Gasteiger partial charge in [0.2, 0.25) is 11.0 Å². The molecule has 4 aromatic rings. The summed E-state index contributed by atoms with van der Waals surface area (Å²) in [4.78, 5) is 17.4. The molecule has 0 saturated heterocycles. The summed E-state index contributed by atoms with van der Waals surface area (Å²) in [5.74, 6) is 0.587. The van der Waals surface area contributed by atoms with E-state index in [4.69, 9.17) is 4.74 Å². The van der Waals surface area contributed by atoms with E-state index in [0.717, 1.165) is 22.7 Å². The van der Waals surface area contributed by atoms with E-state index in [-0.39, 0.29) is 18.0 Å². The van der Waals surface area contributed by atoms with Crippen LogP contribution in [-0.2, 0) is 13.0 Å². The highest BCUT2D eigenvalue weighted by Crippen LogP contribution is 2.26. The van der Waals surface area contributed by atoms with Crippen LogP contribution in [0.25, 0.3) is 10.8 Å². The predicted molar refractivity (Wildman–Crippen MR) is 119 cm³/mol. The summed E-state index contributed by atoms with van der Waals surface area (Å²) in [6.45, 7) is 2.22. The molecule has 0 aliphatic carbocycles. The lowest BCUT2D eigenvalue weighted by Crippen LogP contribution is -2.22. The van der Waals surface area contributed by atoms with E-state index < -0.39 is 0 Å². The Hall–Kier alpha value is -3.52. The maximum absolute atomic E-state index is 13.1. The Balaban J connectivity index is 1.81. The predicted octanol–water partition coefficient (Wildman–Crippen LogP) is 3.93. The fraction of sp³-hybridized carbons (Fsp3) is 0.182. The molecule has 0 amide bonds. The number of nitrogens with zero attached hydrogens (tertiary/aromatic N) is 4. The van der Waals surface area contributed by atoms with E-state index in [1.807, 2.05) is 37.3 Å². The molecular weight excluding hydrogens is 400 g/mol. The zero-order valence-electron chi connectivity index (χ0n) is 16.6. The first kappa shape index (κ1) is 19.8. The summed E-state index contributed by atoms with van der Waals surface area (Å²) in [7, 11) is 1.60. The van der Waals surface area contributed by atoms with Crippen molar-refractivity contribution in [3.05, 3.63) is 75.0 Å². The van der Waals surface area contributed by atoms with Crippen LogP contribution in [0.2, 0.25) is 0 Å². The van der Waals surface area contributed by atoms with Gasteiger partial charge in [-0.1, -0.05) is 48.6 Å². The summed E-state index contributed by atoms with van der Waals surface area (Å²) < 4.78 is 6.53. The van der Waals surface area contributed by atoms with Gasteiger partial charge < -0.3 is 9.84 Å². The Kier molecular flexibility index (Phi) is 5.58. The van der Waals surface area contributed by atoms with Gasteiger partial charge in [0.15, 0.2) is 0 Å². The molecule has 4 rings (SSSR count). The largest absolute Gasteiger partial charge is 0.497 e. The third-order valence-corrected chi connectivity index (χ3v) is 5.73. The number of aryl methyl sites for hydroxylation is 1. The van der Waals surface area contributed by atoms with Crippen molar-refractivity contribution >= 4 is 33.5 Å². The zero-order chi connectivity index (χ0) is 21.1. The first-order valence-electron chi connectivity index (χ1n) is 9.44. The Morgan fingerprint density at radius 1 is 1.13 bits per heavy atom. The SMILES string of the molecule is CCc1nnc(/N=C/c2c(O)n(Cc3ccc(OC)cc3)c(=O)c3ccccc23)s1. The topological polar surface area (TPSA) is 89.6 Å². The van der Waals surface area contributed by atoms with Gasteiger partial charge in [0, 0.05) is 17.0 Å². The molecule has 152 valence electrons. The molecule has 0 atom stereocenters. The van der Waals surface area contributed by atoms with Crippen LogP contribution in [0, 0.1) is 0 Å². The van der Waals surface area contributed by atoms with Crippen LogP contribution in [0.4, 0.5) is 5.13 Å². The van der Waals surface area contributed by atoms with Crippen molar-refractivity contribution in [3.63, 3.8) is 0 Å². The smallest absolute Gasteiger partial charge is 0.261 e. The number of benzene rings is 2. The molecule has 0 aliphatic rings. The van der Waals surface area contributed by atoms with Crippen LogP contribution in [-0.4, -0.2) is 33.2 Å². The van der Waals surface area contributed by atoms with Crippen LogP contribution in [0.15, 0.2) is 58.3 Å². The van der Waals surface area contributed by atoms with Gasteiger partial charge in [-0.15, -0.1) is 10.2 Å². The summed E-state index contributed by atoms with van der Waals surface area (Å²) >= 11 is 1.39. The highest BCUT2D eigenvalue weighted by molar-refractivity contribution is 7.14. The van der Waals surface area contributed by atoms with Crippen LogP contribution in [0.5, 0.6) is 11.6 Å². The van der Waals surface area contributed by atoms with Gasteiger partial charge in [-0.25, -0.2) is 4.99 Å². The van der Waals surface area contributed by atoms with Crippen molar-refractivity contribution in [2.24, 2.45) is 4.99 Å². The van der Waals surface area contributed by atoms with Gasteiger partial charge in [0.25, 0.3) is 5.56 Å². The average molecular weight is 420 g/mol. The number of hydrogen-bond acceptors (Lipinski definition) is 7. The molecule has 7 nitrogen and oxygen atoms in total. The third kappa shape index (κ3) is 3.81. The van der Waals surface area contributed by atoms with Gasteiger partial charge in [0.1, 0.15) is 10.8 Å². The molecule has 0 radical (unpaired) electrons. The molecule has 2 aromatic heterocycles. The number of aliphatic imine (C=N–C) groups is 1. The van der Waals surface area contributed by atoms with Crippen molar-refractivity contribution in [1.29, 1.82) is 0 Å². The molecule has 0 fully saturated rings. The number of rotatable bonds is 6. The lowest BCUT2D eigenvalue weighted by molar-refractivity contribution is 0.412.